The van der Waals surface area contributed by atoms with Gasteiger partial charge in [-0.15, -0.1) is 0 Å². The van der Waals surface area contributed by atoms with E-state index in [1.807, 2.05) is 30.3 Å². The van der Waals surface area contributed by atoms with Crippen molar-refractivity contribution < 1.29 is 14.6 Å². The van der Waals surface area contributed by atoms with Crippen LogP contribution in [0.2, 0.25) is 0 Å². The zero-order valence-corrected chi connectivity index (χ0v) is 11.6. The lowest BCUT2D eigenvalue weighted by Gasteiger charge is -2.16. The first kappa shape index (κ1) is 14.2. The highest BCUT2D eigenvalue weighted by Gasteiger charge is 2.27. The van der Waals surface area contributed by atoms with Crippen molar-refractivity contribution in [3.63, 3.8) is 0 Å². The number of aliphatic hydroxyl groups excluding tert-OH is 1. The number of rotatable bonds is 5. The van der Waals surface area contributed by atoms with E-state index in [9.17, 15) is 4.79 Å². The van der Waals surface area contributed by atoms with Crippen LogP contribution in [0.15, 0.2) is 30.3 Å². The number of thioether (sulfide) groups is 1. The molecule has 1 heterocycles. The van der Waals surface area contributed by atoms with Crippen molar-refractivity contribution >= 4 is 17.9 Å². The predicted octanol–water partition coefficient (Wildman–Crippen LogP) is 2.12. The second kappa shape index (κ2) is 7.40. The minimum atomic E-state index is -0.240. The normalized spacial score (nSPS) is 18.6. The third kappa shape index (κ3) is 4.44. The van der Waals surface area contributed by atoms with Crippen LogP contribution in [-0.4, -0.2) is 46.8 Å². The van der Waals surface area contributed by atoms with E-state index in [4.69, 9.17) is 9.84 Å². The molecule has 1 N–H and O–H groups in total. The van der Waals surface area contributed by atoms with E-state index in [-0.39, 0.29) is 12.7 Å². The number of benzene rings is 1. The lowest BCUT2D eigenvalue weighted by molar-refractivity contribution is 0.104. The Balaban J connectivity index is 1.72. The van der Waals surface area contributed by atoms with Crippen LogP contribution < -0.4 is 0 Å². The number of nitrogens with zero attached hydrogens (tertiary/aromatic N) is 1. The van der Waals surface area contributed by atoms with Gasteiger partial charge in [0.1, 0.15) is 6.61 Å². The Bertz CT molecular complexity index is 399. The monoisotopic (exact) mass is 281 g/mol. The van der Waals surface area contributed by atoms with Gasteiger partial charge in [0.2, 0.25) is 0 Å². The number of amides is 1. The third-order valence-electron chi connectivity index (χ3n) is 3.05. The molecule has 0 aromatic heterocycles. The number of hydrogen-bond donors (Lipinski definition) is 1. The van der Waals surface area contributed by atoms with E-state index in [1.165, 1.54) is 0 Å². The first-order valence-electron chi connectivity index (χ1n) is 6.47. The van der Waals surface area contributed by atoms with Crippen molar-refractivity contribution in [2.24, 2.45) is 0 Å². The van der Waals surface area contributed by atoms with E-state index in [0.29, 0.717) is 11.9 Å². The number of aliphatic hydroxyl groups is 1. The molecule has 1 aromatic carbocycles. The number of ether oxygens (including phenoxy) is 1. The van der Waals surface area contributed by atoms with E-state index < -0.39 is 0 Å². The van der Waals surface area contributed by atoms with Crippen LogP contribution in [0.3, 0.4) is 0 Å². The molecular formula is C14H19NO3S. The van der Waals surface area contributed by atoms with Crippen LogP contribution in [0.25, 0.3) is 0 Å². The molecule has 1 aliphatic heterocycles. The van der Waals surface area contributed by atoms with Crippen molar-refractivity contribution in [3.8, 4) is 0 Å². The van der Waals surface area contributed by atoms with Gasteiger partial charge in [0.25, 0.3) is 0 Å². The van der Waals surface area contributed by atoms with Crippen molar-refractivity contribution in [2.75, 3.05) is 25.4 Å². The van der Waals surface area contributed by atoms with Crippen LogP contribution in [0.1, 0.15) is 12.0 Å². The molecule has 4 nitrogen and oxygen atoms in total. The quantitative estimate of drug-likeness (QED) is 0.898. The van der Waals surface area contributed by atoms with Crippen LogP contribution in [-0.2, 0) is 11.3 Å². The Morgan fingerprint density at radius 3 is 2.95 bits per heavy atom. The highest BCUT2D eigenvalue weighted by atomic mass is 32.2. The molecule has 0 saturated carbocycles. The van der Waals surface area contributed by atoms with Crippen molar-refractivity contribution in [1.82, 2.24) is 4.90 Å². The SMILES string of the molecule is O=C(OCc1ccccc1)N1CC[C@@H](SCCO)C1. The van der Waals surface area contributed by atoms with E-state index >= 15 is 0 Å². The Morgan fingerprint density at radius 1 is 1.42 bits per heavy atom. The first-order chi connectivity index (χ1) is 9.29. The summed E-state index contributed by atoms with van der Waals surface area (Å²) in [7, 11) is 0. The molecule has 5 heteroatoms. The number of carbonyl (C=O) groups excluding carboxylic acids is 1. The second-order valence-corrected chi connectivity index (χ2v) is 5.90. The summed E-state index contributed by atoms with van der Waals surface area (Å²) in [6.07, 6.45) is 0.737. The van der Waals surface area contributed by atoms with Gasteiger partial charge < -0.3 is 14.7 Å². The van der Waals surface area contributed by atoms with Gasteiger partial charge in [0, 0.05) is 24.1 Å². The number of carbonyl (C=O) groups is 1. The van der Waals surface area contributed by atoms with Gasteiger partial charge in [0.05, 0.1) is 6.61 Å². The fourth-order valence-corrected chi connectivity index (χ4v) is 3.06. The number of likely N-dealkylation sites (tertiary alicyclic amines) is 1. The van der Waals surface area contributed by atoms with Gasteiger partial charge in [-0.1, -0.05) is 30.3 Å². The first-order valence-corrected chi connectivity index (χ1v) is 7.52. The van der Waals surface area contributed by atoms with Gasteiger partial charge in [0.15, 0.2) is 0 Å². The van der Waals surface area contributed by atoms with E-state index in [0.717, 1.165) is 30.8 Å². The molecule has 0 aliphatic carbocycles. The van der Waals surface area contributed by atoms with Gasteiger partial charge >= 0.3 is 6.09 Å². The predicted molar refractivity (Wildman–Crippen MR) is 76.1 cm³/mol. The zero-order valence-electron chi connectivity index (χ0n) is 10.8. The van der Waals surface area contributed by atoms with Crippen molar-refractivity contribution in [3.05, 3.63) is 35.9 Å². The summed E-state index contributed by atoms with van der Waals surface area (Å²) >= 11 is 1.72. The van der Waals surface area contributed by atoms with Gasteiger partial charge in [-0.2, -0.15) is 11.8 Å². The molecular weight excluding hydrogens is 262 g/mol. The maximum Gasteiger partial charge on any atom is 0.410 e. The number of hydrogen-bond acceptors (Lipinski definition) is 4. The van der Waals surface area contributed by atoms with Gasteiger partial charge in [-0.3, -0.25) is 0 Å². The minimum Gasteiger partial charge on any atom is -0.445 e. The second-order valence-electron chi connectivity index (χ2n) is 4.49. The molecule has 1 atom stereocenters. The largest absolute Gasteiger partial charge is 0.445 e. The highest BCUT2D eigenvalue weighted by Crippen LogP contribution is 2.22. The molecule has 0 radical (unpaired) electrons. The average Bonchev–Trinajstić information content (AvgIpc) is 2.92. The fraction of sp³-hybridized carbons (Fsp3) is 0.500. The summed E-state index contributed by atoms with van der Waals surface area (Å²) in [4.78, 5) is 13.6. The molecule has 0 unspecified atom stereocenters. The third-order valence-corrected chi connectivity index (χ3v) is 4.33. The van der Waals surface area contributed by atoms with Gasteiger partial charge in [-0.25, -0.2) is 4.79 Å². The molecule has 0 bridgehead atoms. The van der Waals surface area contributed by atoms with Crippen LogP contribution >= 0.6 is 11.8 Å². The molecule has 19 heavy (non-hydrogen) atoms. The summed E-state index contributed by atoms with van der Waals surface area (Å²) in [6.45, 7) is 1.99. The Hall–Kier alpha value is -1.20. The summed E-state index contributed by atoms with van der Waals surface area (Å²) < 4.78 is 5.29. The topological polar surface area (TPSA) is 49.8 Å². The summed E-state index contributed by atoms with van der Waals surface area (Å²) in [6, 6.07) is 9.68. The zero-order chi connectivity index (χ0) is 13.5. The standard InChI is InChI=1S/C14H19NO3S/c16-8-9-19-13-6-7-15(10-13)14(17)18-11-12-4-2-1-3-5-12/h1-5,13,16H,6-11H2/t13-/m1/s1. The molecule has 104 valence electrons. The van der Waals surface area contributed by atoms with Gasteiger partial charge in [-0.05, 0) is 12.0 Å². The lowest BCUT2D eigenvalue weighted by Crippen LogP contribution is -2.29. The fourth-order valence-electron chi connectivity index (χ4n) is 2.06. The molecule has 1 saturated heterocycles. The van der Waals surface area contributed by atoms with Crippen LogP contribution in [0.4, 0.5) is 4.79 Å². The molecule has 1 amide bonds. The van der Waals surface area contributed by atoms with Crippen molar-refractivity contribution in [2.45, 2.75) is 18.3 Å². The summed E-state index contributed by atoms with van der Waals surface area (Å²) in [5.74, 6) is 0.734. The van der Waals surface area contributed by atoms with E-state index in [1.54, 1.807) is 16.7 Å². The smallest absolute Gasteiger partial charge is 0.410 e. The molecule has 1 aromatic rings. The Kier molecular flexibility index (Phi) is 5.54. The Labute approximate surface area is 117 Å². The lowest BCUT2D eigenvalue weighted by atomic mass is 10.2. The van der Waals surface area contributed by atoms with Crippen molar-refractivity contribution in [1.29, 1.82) is 0 Å². The molecule has 2 rings (SSSR count). The molecule has 1 aliphatic rings. The maximum atomic E-state index is 11.9. The average molecular weight is 281 g/mol. The maximum absolute atomic E-state index is 11.9. The summed E-state index contributed by atoms with van der Waals surface area (Å²) in [5.41, 5.74) is 1.00. The highest BCUT2D eigenvalue weighted by molar-refractivity contribution is 7.99. The molecule has 0 spiro atoms. The molecule has 1 fully saturated rings. The summed E-state index contributed by atoms with van der Waals surface area (Å²) in [5, 5.41) is 9.21. The minimum absolute atomic E-state index is 0.194. The van der Waals surface area contributed by atoms with Crippen LogP contribution in [0, 0.1) is 0 Å². The Morgan fingerprint density at radius 2 is 2.21 bits per heavy atom. The van der Waals surface area contributed by atoms with E-state index in [2.05, 4.69) is 0 Å². The van der Waals surface area contributed by atoms with Crippen LogP contribution in [0.5, 0.6) is 0 Å².